The van der Waals surface area contributed by atoms with Crippen LogP contribution in [0.4, 0.5) is 0 Å². The van der Waals surface area contributed by atoms with Gasteiger partial charge in [0.05, 0.1) is 6.20 Å². The van der Waals surface area contributed by atoms with Crippen LogP contribution in [0.3, 0.4) is 0 Å². The van der Waals surface area contributed by atoms with Gasteiger partial charge in [-0.1, -0.05) is 5.21 Å². The number of rotatable bonds is 2. The Bertz CT molecular complexity index is 310. The van der Waals surface area contributed by atoms with Gasteiger partial charge in [0, 0.05) is 25.3 Å². The van der Waals surface area contributed by atoms with Crippen molar-refractivity contribution in [3.05, 3.63) is 12.4 Å². The van der Waals surface area contributed by atoms with Gasteiger partial charge in [0.15, 0.2) is 0 Å². The molecule has 6 nitrogen and oxygen atoms in total. The molecule has 1 amide bonds. The van der Waals surface area contributed by atoms with Gasteiger partial charge >= 0.3 is 0 Å². The summed E-state index contributed by atoms with van der Waals surface area (Å²) in [5, 5.41) is 7.37. The number of aromatic nitrogens is 3. The minimum absolute atomic E-state index is 0.0588. The summed E-state index contributed by atoms with van der Waals surface area (Å²) in [5.41, 5.74) is 5.71. The Morgan fingerprint density at radius 2 is 2.50 bits per heavy atom. The fraction of sp³-hybridized carbons (Fsp3) is 0.625. The smallest absolute Gasteiger partial charge is 0.244 e. The summed E-state index contributed by atoms with van der Waals surface area (Å²) >= 11 is 0. The van der Waals surface area contributed by atoms with Crippen LogP contribution in [0.2, 0.25) is 0 Å². The maximum absolute atomic E-state index is 11.6. The van der Waals surface area contributed by atoms with Gasteiger partial charge in [-0.15, -0.1) is 5.10 Å². The summed E-state index contributed by atoms with van der Waals surface area (Å²) in [6, 6.07) is 0.134. The predicted octanol–water partition coefficient (Wildman–Crippen LogP) is -1.16. The van der Waals surface area contributed by atoms with Crippen molar-refractivity contribution < 1.29 is 4.79 Å². The maximum atomic E-state index is 11.6. The van der Waals surface area contributed by atoms with Crippen molar-refractivity contribution in [2.24, 2.45) is 5.73 Å². The zero-order valence-corrected chi connectivity index (χ0v) is 7.83. The van der Waals surface area contributed by atoms with Crippen molar-refractivity contribution in [3.63, 3.8) is 0 Å². The molecule has 0 aromatic carbocycles. The Hall–Kier alpha value is -1.43. The van der Waals surface area contributed by atoms with E-state index in [-0.39, 0.29) is 18.5 Å². The summed E-state index contributed by atoms with van der Waals surface area (Å²) in [6.45, 7) is 1.68. The average molecular weight is 195 g/mol. The largest absolute Gasteiger partial charge is 0.339 e. The van der Waals surface area contributed by atoms with Crippen LogP contribution in [0.15, 0.2) is 12.4 Å². The molecule has 2 heterocycles. The van der Waals surface area contributed by atoms with E-state index in [4.69, 9.17) is 5.73 Å². The molecule has 6 heteroatoms. The first-order valence-electron chi connectivity index (χ1n) is 4.63. The number of hydrogen-bond acceptors (Lipinski definition) is 4. The molecular formula is C8H13N5O. The molecule has 1 aliphatic heterocycles. The number of nitrogens with zero attached hydrogens (tertiary/aromatic N) is 4. The van der Waals surface area contributed by atoms with E-state index in [0.717, 1.165) is 13.0 Å². The molecule has 1 aliphatic rings. The first-order chi connectivity index (χ1) is 6.75. The van der Waals surface area contributed by atoms with Gasteiger partial charge in [0.25, 0.3) is 0 Å². The van der Waals surface area contributed by atoms with Crippen molar-refractivity contribution in [2.75, 3.05) is 13.1 Å². The zero-order valence-electron chi connectivity index (χ0n) is 7.83. The summed E-state index contributed by atoms with van der Waals surface area (Å²) in [7, 11) is 0. The third kappa shape index (κ3) is 1.90. The van der Waals surface area contributed by atoms with E-state index in [1.807, 2.05) is 0 Å². The van der Waals surface area contributed by atoms with E-state index in [1.54, 1.807) is 17.3 Å². The highest BCUT2D eigenvalue weighted by molar-refractivity contribution is 5.76. The second-order valence-electron chi connectivity index (χ2n) is 3.49. The highest BCUT2D eigenvalue weighted by atomic mass is 16.2. The maximum Gasteiger partial charge on any atom is 0.244 e. The lowest BCUT2D eigenvalue weighted by Crippen LogP contribution is -2.34. The van der Waals surface area contributed by atoms with Gasteiger partial charge in [-0.25, -0.2) is 4.68 Å². The number of carbonyl (C=O) groups is 1. The zero-order chi connectivity index (χ0) is 9.97. The molecule has 1 aromatic rings. The molecule has 1 aromatic heterocycles. The standard InChI is InChI=1S/C8H13N5O/c9-7-1-3-12(5-7)8(14)6-13-4-2-10-11-13/h2,4,7H,1,3,5-6,9H2. The molecule has 1 unspecified atom stereocenters. The SMILES string of the molecule is NC1CCN(C(=O)Cn2ccnn2)C1. The Morgan fingerprint density at radius 1 is 1.64 bits per heavy atom. The third-order valence-corrected chi connectivity index (χ3v) is 2.35. The van der Waals surface area contributed by atoms with Crippen LogP contribution in [-0.2, 0) is 11.3 Å². The minimum Gasteiger partial charge on any atom is -0.339 e. The summed E-state index contributed by atoms with van der Waals surface area (Å²) in [4.78, 5) is 13.4. The van der Waals surface area contributed by atoms with Gasteiger partial charge in [0.2, 0.25) is 5.91 Å². The highest BCUT2D eigenvalue weighted by Gasteiger charge is 2.23. The van der Waals surface area contributed by atoms with Crippen molar-refractivity contribution in [3.8, 4) is 0 Å². The second kappa shape index (κ2) is 3.75. The van der Waals surface area contributed by atoms with E-state index < -0.39 is 0 Å². The van der Waals surface area contributed by atoms with E-state index in [1.165, 1.54) is 4.68 Å². The van der Waals surface area contributed by atoms with Crippen molar-refractivity contribution in [1.29, 1.82) is 0 Å². The molecule has 0 bridgehead atoms. The number of likely N-dealkylation sites (tertiary alicyclic amines) is 1. The molecule has 2 rings (SSSR count). The van der Waals surface area contributed by atoms with Gasteiger partial charge in [-0.3, -0.25) is 4.79 Å². The van der Waals surface area contributed by atoms with Gasteiger partial charge in [0.1, 0.15) is 6.54 Å². The summed E-state index contributed by atoms with van der Waals surface area (Å²) in [5.74, 6) is 0.0588. The Morgan fingerprint density at radius 3 is 3.07 bits per heavy atom. The Labute approximate surface area is 81.7 Å². The van der Waals surface area contributed by atoms with Gasteiger partial charge in [-0.05, 0) is 6.42 Å². The van der Waals surface area contributed by atoms with E-state index in [0.29, 0.717) is 6.54 Å². The van der Waals surface area contributed by atoms with Crippen LogP contribution >= 0.6 is 0 Å². The van der Waals surface area contributed by atoms with Gasteiger partial charge in [-0.2, -0.15) is 0 Å². The molecule has 1 saturated heterocycles. The molecule has 0 radical (unpaired) electrons. The number of hydrogen-bond donors (Lipinski definition) is 1. The first-order valence-corrected chi connectivity index (χ1v) is 4.63. The summed E-state index contributed by atoms with van der Waals surface area (Å²) in [6.07, 6.45) is 4.12. The number of nitrogens with two attached hydrogens (primary N) is 1. The normalized spacial score (nSPS) is 21.5. The lowest BCUT2D eigenvalue weighted by atomic mass is 10.3. The Kier molecular flexibility index (Phi) is 2.45. The molecule has 14 heavy (non-hydrogen) atoms. The van der Waals surface area contributed by atoms with E-state index in [2.05, 4.69) is 10.3 Å². The molecular weight excluding hydrogens is 182 g/mol. The average Bonchev–Trinajstić information content (AvgIpc) is 2.75. The van der Waals surface area contributed by atoms with Crippen LogP contribution in [0.5, 0.6) is 0 Å². The lowest BCUT2D eigenvalue weighted by Gasteiger charge is -2.15. The minimum atomic E-state index is 0.0588. The van der Waals surface area contributed by atoms with Gasteiger partial charge < -0.3 is 10.6 Å². The fourth-order valence-corrected chi connectivity index (χ4v) is 1.57. The monoisotopic (exact) mass is 195 g/mol. The quantitative estimate of drug-likeness (QED) is 0.645. The Balaban J connectivity index is 1.90. The molecule has 2 N–H and O–H groups in total. The molecule has 0 saturated carbocycles. The van der Waals surface area contributed by atoms with Crippen molar-refractivity contribution >= 4 is 5.91 Å². The van der Waals surface area contributed by atoms with Crippen LogP contribution in [0, 0.1) is 0 Å². The molecule has 1 atom stereocenters. The van der Waals surface area contributed by atoms with Crippen LogP contribution in [0.25, 0.3) is 0 Å². The lowest BCUT2D eigenvalue weighted by molar-refractivity contribution is -0.131. The van der Waals surface area contributed by atoms with E-state index >= 15 is 0 Å². The first kappa shape index (κ1) is 9.14. The second-order valence-corrected chi connectivity index (χ2v) is 3.49. The van der Waals surface area contributed by atoms with Crippen molar-refractivity contribution in [2.45, 2.75) is 19.0 Å². The van der Waals surface area contributed by atoms with Crippen LogP contribution in [-0.4, -0.2) is 44.9 Å². The number of carbonyl (C=O) groups excluding carboxylic acids is 1. The molecule has 0 spiro atoms. The topological polar surface area (TPSA) is 77.0 Å². The molecule has 0 aliphatic carbocycles. The third-order valence-electron chi connectivity index (χ3n) is 2.35. The predicted molar refractivity (Wildman–Crippen MR) is 49.2 cm³/mol. The molecule has 76 valence electrons. The molecule has 1 fully saturated rings. The van der Waals surface area contributed by atoms with E-state index in [9.17, 15) is 4.79 Å². The van der Waals surface area contributed by atoms with Crippen LogP contribution in [0.1, 0.15) is 6.42 Å². The fourth-order valence-electron chi connectivity index (χ4n) is 1.57. The number of amides is 1. The van der Waals surface area contributed by atoms with Crippen molar-refractivity contribution in [1.82, 2.24) is 19.9 Å². The highest BCUT2D eigenvalue weighted by Crippen LogP contribution is 2.07. The van der Waals surface area contributed by atoms with Crippen LogP contribution < -0.4 is 5.73 Å². The summed E-state index contributed by atoms with van der Waals surface area (Å²) < 4.78 is 1.52.